The zero-order chi connectivity index (χ0) is 22.5. The van der Waals surface area contributed by atoms with Crippen LogP contribution in [0.3, 0.4) is 0 Å². The molecule has 0 spiro atoms. The lowest BCUT2D eigenvalue weighted by atomic mass is 9.76. The number of pyridine rings is 1. The summed E-state index contributed by atoms with van der Waals surface area (Å²) in [6.45, 7) is 3.67. The highest BCUT2D eigenvalue weighted by molar-refractivity contribution is 6.01. The average molecular weight is 425 g/mol. The number of unbranched alkanes of at least 4 members (excludes halogenated alkanes) is 1. The fourth-order valence-corrected chi connectivity index (χ4v) is 4.58. The smallest absolute Gasteiger partial charge is 0.271 e. The van der Waals surface area contributed by atoms with E-state index in [1.165, 1.54) is 43.5 Å². The summed E-state index contributed by atoms with van der Waals surface area (Å²) in [7, 11) is 0. The minimum absolute atomic E-state index is 0.0516. The maximum absolute atomic E-state index is 13.4. The van der Waals surface area contributed by atoms with Gasteiger partial charge >= 0.3 is 0 Å². The Bertz CT molecular complexity index is 1040. The van der Waals surface area contributed by atoms with Gasteiger partial charge in [0.25, 0.3) is 5.56 Å². The van der Waals surface area contributed by atoms with Gasteiger partial charge in [-0.1, -0.05) is 38.3 Å². The maximum Gasteiger partial charge on any atom is 0.271 e. The molecule has 0 bridgehead atoms. The Morgan fingerprint density at radius 3 is 2.45 bits per heavy atom. The summed E-state index contributed by atoms with van der Waals surface area (Å²) < 4.78 is 14.3. The van der Waals surface area contributed by atoms with Crippen LogP contribution in [0, 0.1) is 35.9 Å². The number of ketones is 1. The van der Waals surface area contributed by atoms with Gasteiger partial charge in [0.15, 0.2) is 5.78 Å². The third-order valence-electron chi connectivity index (χ3n) is 6.48. The van der Waals surface area contributed by atoms with Gasteiger partial charge in [-0.15, -0.1) is 0 Å². The van der Waals surface area contributed by atoms with Crippen molar-refractivity contribution < 1.29 is 14.3 Å². The summed E-state index contributed by atoms with van der Waals surface area (Å²) in [5, 5.41) is 20.5. The molecule has 0 atom stereocenters. The summed E-state index contributed by atoms with van der Waals surface area (Å²) in [4.78, 5) is 26.2. The molecule has 31 heavy (non-hydrogen) atoms. The zero-order valence-corrected chi connectivity index (χ0v) is 18.2. The number of nitriles is 1. The first kappa shape index (κ1) is 22.7. The molecule has 1 heterocycles. The van der Waals surface area contributed by atoms with Crippen LogP contribution in [0.15, 0.2) is 29.1 Å². The molecule has 1 aliphatic rings. The standard InChI is InChI=1S/C25H29FN2O3/c1-3-4-5-17-6-10-19(11-7-17)23(29)22-16(2)21(14-27)24(30)28(25(22)31)15-18-8-12-20(26)13-9-18/h8-9,12-13,17,19,31H,3-7,10-11,15H2,1-2H3. The van der Waals surface area contributed by atoms with Crippen LogP contribution in [-0.4, -0.2) is 15.5 Å². The number of hydrogen-bond donors (Lipinski definition) is 1. The van der Waals surface area contributed by atoms with E-state index in [-0.39, 0.29) is 34.9 Å². The van der Waals surface area contributed by atoms with Crippen LogP contribution in [0.25, 0.3) is 0 Å². The molecule has 6 heteroatoms. The van der Waals surface area contributed by atoms with Crippen molar-refractivity contribution in [2.24, 2.45) is 11.8 Å². The van der Waals surface area contributed by atoms with E-state index in [0.29, 0.717) is 11.5 Å². The first-order chi connectivity index (χ1) is 14.9. The van der Waals surface area contributed by atoms with Crippen LogP contribution >= 0.6 is 0 Å². The van der Waals surface area contributed by atoms with Crippen molar-refractivity contribution in [3.05, 3.63) is 62.7 Å². The topological polar surface area (TPSA) is 83.1 Å². The lowest BCUT2D eigenvalue weighted by molar-refractivity contribution is 0.0864. The lowest BCUT2D eigenvalue weighted by Crippen LogP contribution is -2.29. The average Bonchev–Trinajstić information content (AvgIpc) is 2.77. The second kappa shape index (κ2) is 9.91. The summed E-state index contributed by atoms with van der Waals surface area (Å²) in [5.74, 6) is -0.601. The first-order valence-corrected chi connectivity index (χ1v) is 11.0. The molecule has 3 rings (SSSR count). The molecule has 1 aromatic carbocycles. The van der Waals surface area contributed by atoms with Crippen molar-refractivity contribution in [2.75, 3.05) is 0 Å². The number of hydrogen-bond acceptors (Lipinski definition) is 4. The van der Waals surface area contributed by atoms with Crippen LogP contribution in [0.2, 0.25) is 0 Å². The monoisotopic (exact) mass is 424 g/mol. The molecule has 1 saturated carbocycles. The molecule has 1 aromatic heterocycles. The van der Waals surface area contributed by atoms with E-state index in [9.17, 15) is 24.3 Å². The number of carbonyl (C=O) groups is 1. The molecule has 0 saturated heterocycles. The van der Waals surface area contributed by atoms with Gasteiger partial charge in [0.2, 0.25) is 5.88 Å². The Morgan fingerprint density at radius 1 is 1.23 bits per heavy atom. The third-order valence-corrected chi connectivity index (χ3v) is 6.48. The van der Waals surface area contributed by atoms with Crippen molar-refractivity contribution in [2.45, 2.75) is 65.3 Å². The fraction of sp³-hybridized carbons (Fsp3) is 0.480. The number of rotatable bonds is 7. The molecule has 1 N–H and O–H groups in total. The van der Waals surface area contributed by atoms with E-state index >= 15 is 0 Å². The maximum atomic E-state index is 13.4. The Hall–Kier alpha value is -2.94. The van der Waals surface area contributed by atoms with Crippen molar-refractivity contribution in [1.82, 2.24) is 4.57 Å². The SMILES string of the molecule is CCCCC1CCC(C(=O)c2c(C)c(C#N)c(=O)n(Cc3ccc(F)cc3)c2O)CC1. The van der Waals surface area contributed by atoms with E-state index in [4.69, 9.17) is 0 Å². The number of benzene rings is 1. The molecule has 0 aliphatic heterocycles. The van der Waals surface area contributed by atoms with E-state index in [1.54, 1.807) is 6.92 Å². The molecule has 0 amide bonds. The minimum atomic E-state index is -0.651. The molecule has 2 aromatic rings. The van der Waals surface area contributed by atoms with Gasteiger partial charge in [-0.05, 0) is 61.8 Å². The normalized spacial score (nSPS) is 18.5. The molecule has 164 valence electrons. The van der Waals surface area contributed by atoms with Crippen LogP contribution < -0.4 is 5.56 Å². The number of aromatic hydroxyl groups is 1. The summed E-state index contributed by atoms with van der Waals surface area (Å²) >= 11 is 0. The van der Waals surface area contributed by atoms with Crippen LogP contribution in [0.4, 0.5) is 4.39 Å². The molecular weight excluding hydrogens is 395 g/mol. The van der Waals surface area contributed by atoms with Gasteiger partial charge in [-0.3, -0.25) is 14.2 Å². The van der Waals surface area contributed by atoms with E-state index in [0.717, 1.165) is 30.3 Å². The predicted octanol–water partition coefficient (Wildman–Crippen LogP) is 5.10. The Labute approximate surface area is 182 Å². The highest BCUT2D eigenvalue weighted by Gasteiger charge is 2.32. The largest absolute Gasteiger partial charge is 0.494 e. The van der Waals surface area contributed by atoms with E-state index < -0.39 is 17.3 Å². The van der Waals surface area contributed by atoms with Gasteiger partial charge in [-0.2, -0.15) is 5.26 Å². The van der Waals surface area contributed by atoms with E-state index in [1.807, 2.05) is 6.07 Å². The van der Waals surface area contributed by atoms with Gasteiger partial charge in [-0.25, -0.2) is 4.39 Å². The summed E-state index contributed by atoms with van der Waals surface area (Å²) in [6, 6.07) is 7.44. The Morgan fingerprint density at radius 2 is 1.87 bits per heavy atom. The molecule has 1 aliphatic carbocycles. The van der Waals surface area contributed by atoms with Crippen molar-refractivity contribution in [3.8, 4) is 11.9 Å². The first-order valence-electron chi connectivity index (χ1n) is 11.0. The van der Waals surface area contributed by atoms with Gasteiger partial charge < -0.3 is 5.11 Å². The number of nitrogens with zero attached hydrogens (tertiary/aromatic N) is 2. The second-order valence-corrected chi connectivity index (χ2v) is 8.55. The van der Waals surface area contributed by atoms with Crippen molar-refractivity contribution in [1.29, 1.82) is 5.26 Å². The van der Waals surface area contributed by atoms with Crippen molar-refractivity contribution in [3.63, 3.8) is 0 Å². The van der Waals surface area contributed by atoms with Gasteiger partial charge in [0.05, 0.1) is 12.1 Å². The molecule has 0 unspecified atom stereocenters. The quantitative estimate of drug-likeness (QED) is 0.627. The Balaban J connectivity index is 1.93. The second-order valence-electron chi connectivity index (χ2n) is 8.55. The number of halogens is 1. The minimum Gasteiger partial charge on any atom is -0.494 e. The zero-order valence-electron chi connectivity index (χ0n) is 18.2. The lowest BCUT2D eigenvalue weighted by Gasteiger charge is -2.28. The van der Waals surface area contributed by atoms with Crippen LogP contribution in [-0.2, 0) is 6.54 Å². The van der Waals surface area contributed by atoms with Gasteiger partial charge in [0.1, 0.15) is 17.4 Å². The van der Waals surface area contributed by atoms with Crippen LogP contribution in [0.5, 0.6) is 5.88 Å². The number of Topliss-reactive ketones (excluding diaryl/α,β-unsaturated/α-hetero) is 1. The third kappa shape index (κ3) is 4.87. The number of carbonyl (C=O) groups excluding carboxylic acids is 1. The van der Waals surface area contributed by atoms with Gasteiger partial charge in [0, 0.05) is 5.92 Å². The molecule has 0 radical (unpaired) electrons. The molecule has 1 fully saturated rings. The highest BCUT2D eigenvalue weighted by atomic mass is 19.1. The molecule has 5 nitrogen and oxygen atoms in total. The fourth-order valence-electron chi connectivity index (χ4n) is 4.58. The summed E-state index contributed by atoms with van der Waals surface area (Å²) in [6.07, 6.45) is 7.02. The highest BCUT2D eigenvalue weighted by Crippen LogP contribution is 2.36. The van der Waals surface area contributed by atoms with Crippen LogP contribution in [0.1, 0.15) is 78.9 Å². The number of aromatic nitrogens is 1. The van der Waals surface area contributed by atoms with E-state index in [2.05, 4.69) is 6.92 Å². The molecular formula is C25H29FN2O3. The van der Waals surface area contributed by atoms with Crippen molar-refractivity contribution >= 4 is 5.78 Å². The predicted molar refractivity (Wildman–Crippen MR) is 117 cm³/mol. The Kier molecular flexibility index (Phi) is 7.27. The summed E-state index contributed by atoms with van der Waals surface area (Å²) in [5.41, 5.74) is 0.0941.